The zero-order valence-electron chi connectivity index (χ0n) is 9.86. The number of nitrogens with one attached hydrogen (secondary N) is 1. The van der Waals surface area contributed by atoms with Gasteiger partial charge in [-0.25, -0.2) is 8.42 Å². The smallest absolute Gasteiger partial charge is 0.148 e. The maximum atomic E-state index is 11.2. The molecular weight excluding hydrogens is 278 g/mol. The van der Waals surface area contributed by atoms with Crippen LogP contribution >= 0.6 is 22.9 Å². The lowest BCUT2D eigenvalue weighted by Gasteiger charge is -2.18. The Morgan fingerprint density at radius 2 is 2.35 bits per heavy atom. The first-order valence-electron chi connectivity index (χ1n) is 5.57. The highest BCUT2D eigenvalue weighted by atomic mass is 35.5. The van der Waals surface area contributed by atoms with Crippen LogP contribution in [0.1, 0.15) is 29.8 Å². The van der Waals surface area contributed by atoms with Gasteiger partial charge < -0.3 is 5.32 Å². The quantitative estimate of drug-likeness (QED) is 0.927. The Hall–Kier alpha value is -0.100. The normalized spacial score (nSPS) is 21.5. The molecule has 0 aromatic carbocycles. The van der Waals surface area contributed by atoms with Gasteiger partial charge in [0.2, 0.25) is 0 Å². The molecule has 0 spiro atoms. The number of fused-ring (bicyclic) bond motifs is 1. The summed E-state index contributed by atoms with van der Waals surface area (Å²) < 4.78 is 23.2. The molecule has 2 atom stereocenters. The summed E-state index contributed by atoms with van der Waals surface area (Å²) in [5, 5.41) is 3.37. The molecule has 3 nitrogen and oxygen atoms in total. The molecule has 0 radical (unpaired) electrons. The third kappa shape index (κ3) is 3.44. The zero-order valence-corrected chi connectivity index (χ0v) is 12.3. The minimum absolute atomic E-state index is 0.0281. The fourth-order valence-electron chi connectivity index (χ4n) is 2.35. The van der Waals surface area contributed by atoms with Crippen LogP contribution in [0.4, 0.5) is 0 Å². The van der Waals surface area contributed by atoms with Crippen molar-refractivity contribution >= 4 is 32.8 Å². The summed E-state index contributed by atoms with van der Waals surface area (Å²) >= 11 is 7.61. The van der Waals surface area contributed by atoms with Crippen LogP contribution < -0.4 is 5.32 Å². The van der Waals surface area contributed by atoms with Gasteiger partial charge in [0, 0.05) is 23.2 Å². The molecule has 96 valence electrons. The Morgan fingerprint density at radius 3 is 3.00 bits per heavy atom. The number of rotatable bonds is 4. The van der Waals surface area contributed by atoms with E-state index in [1.54, 1.807) is 11.3 Å². The highest BCUT2D eigenvalue weighted by molar-refractivity contribution is 7.90. The standard InChI is InChI=1S/C11H16ClNO2S2/c1-7(6-17(2,14)15)13-9-3-4-10-8(9)5-11(12)16-10/h5,7,9,13H,3-4,6H2,1-2H3. The lowest BCUT2D eigenvalue weighted by molar-refractivity contribution is 0.472. The Labute approximate surface area is 111 Å². The molecular formula is C11H16ClNO2S2. The fraction of sp³-hybridized carbons (Fsp3) is 0.636. The summed E-state index contributed by atoms with van der Waals surface area (Å²) in [6, 6.07) is 2.23. The van der Waals surface area contributed by atoms with E-state index in [2.05, 4.69) is 5.32 Å². The van der Waals surface area contributed by atoms with Gasteiger partial charge in [-0.1, -0.05) is 11.6 Å². The summed E-state index contributed by atoms with van der Waals surface area (Å²) in [5.41, 5.74) is 1.25. The Morgan fingerprint density at radius 1 is 1.65 bits per heavy atom. The lowest BCUT2D eigenvalue weighted by Crippen LogP contribution is -2.34. The highest BCUT2D eigenvalue weighted by Crippen LogP contribution is 2.39. The predicted octanol–water partition coefficient (Wildman–Crippen LogP) is 2.41. The van der Waals surface area contributed by atoms with Crippen LogP contribution in [0, 0.1) is 0 Å². The summed E-state index contributed by atoms with van der Waals surface area (Å²) in [4.78, 5) is 1.33. The van der Waals surface area contributed by atoms with Crippen LogP contribution in [-0.4, -0.2) is 26.5 Å². The average molecular weight is 294 g/mol. The maximum Gasteiger partial charge on any atom is 0.148 e. The molecule has 0 fully saturated rings. The molecule has 1 aromatic heterocycles. The Kier molecular flexibility index (Phi) is 3.83. The predicted molar refractivity (Wildman–Crippen MR) is 72.7 cm³/mol. The number of hydrogen-bond acceptors (Lipinski definition) is 4. The zero-order chi connectivity index (χ0) is 12.6. The second-order valence-corrected chi connectivity index (χ2v) is 8.63. The van der Waals surface area contributed by atoms with E-state index in [1.165, 1.54) is 16.7 Å². The molecule has 1 aliphatic carbocycles. The second-order valence-electron chi connectivity index (χ2n) is 4.68. The van der Waals surface area contributed by atoms with Gasteiger partial charge in [-0.3, -0.25) is 0 Å². The Bertz CT molecular complexity index is 510. The molecule has 1 heterocycles. The summed E-state index contributed by atoms with van der Waals surface area (Å²) in [6.45, 7) is 1.91. The van der Waals surface area contributed by atoms with Gasteiger partial charge in [-0.05, 0) is 31.4 Å². The van der Waals surface area contributed by atoms with Gasteiger partial charge in [0.05, 0.1) is 10.1 Å². The van der Waals surface area contributed by atoms with E-state index >= 15 is 0 Å². The monoisotopic (exact) mass is 293 g/mol. The molecule has 2 rings (SSSR count). The average Bonchev–Trinajstić information content (AvgIpc) is 2.63. The highest BCUT2D eigenvalue weighted by Gasteiger charge is 2.26. The SMILES string of the molecule is CC(CS(C)(=O)=O)NC1CCc2sc(Cl)cc21. The van der Waals surface area contributed by atoms with Crippen LogP contribution in [-0.2, 0) is 16.3 Å². The van der Waals surface area contributed by atoms with E-state index < -0.39 is 9.84 Å². The van der Waals surface area contributed by atoms with Crippen LogP contribution in [0.5, 0.6) is 0 Å². The molecule has 0 amide bonds. The van der Waals surface area contributed by atoms with Gasteiger partial charge in [-0.2, -0.15) is 0 Å². The minimum atomic E-state index is -2.92. The maximum absolute atomic E-state index is 11.2. The molecule has 17 heavy (non-hydrogen) atoms. The molecule has 2 unspecified atom stereocenters. The minimum Gasteiger partial charge on any atom is -0.306 e. The third-order valence-corrected chi connectivity index (χ3v) is 5.33. The van der Waals surface area contributed by atoms with E-state index in [0.717, 1.165) is 17.2 Å². The van der Waals surface area contributed by atoms with Crippen molar-refractivity contribution in [2.24, 2.45) is 0 Å². The van der Waals surface area contributed by atoms with E-state index in [0.29, 0.717) is 0 Å². The van der Waals surface area contributed by atoms with E-state index in [4.69, 9.17) is 11.6 Å². The van der Waals surface area contributed by atoms with Crippen LogP contribution in [0.25, 0.3) is 0 Å². The van der Waals surface area contributed by atoms with Crippen molar-refractivity contribution in [3.8, 4) is 0 Å². The van der Waals surface area contributed by atoms with Crippen molar-refractivity contribution in [2.45, 2.75) is 31.8 Å². The fourth-order valence-corrected chi connectivity index (χ4v) is 4.71. The number of hydrogen-bond donors (Lipinski definition) is 1. The molecule has 1 aromatic rings. The van der Waals surface area contributed by atoms with Gasteiger partial charge in [-0.15, -0.1) is 11.3 Å². The summed E-state index contributed by atoms with van der Waals surface area (Å²) in [6.07, 6.45) is 3.34. The number of thiophene rings is 1. The topological polar surface area (TPSA) is 46.2 Å². The van der Waals surface area contributed by atoms with Gasteiger partial charge in [0.15, 0.2) is 0 Å². The van der Waals surface area contributed by atoms with Crippen LogP contribution in [0.2, 0.25) is 4.34 Å². The first-order valence-corrected chi connectivity index (χ1v) is 8.82. The molecule has 1 N–H and O–H groups in total. The molecule has 1 aliphatic rings. The second kappa shape index (κ2) is 4.88. The third-order valence-electron chi connectivity index (χ3n) is 2.89. The molecule has 0 saturated heterocycles. The van der Waals surface area contributed by atoms with Crippen LogP contribution in [0.15, 0.2) is 6.07 Å². The van der Waals surface area contributed by atoms with Crippen molar-refractivity contribution in [3.05, 3.63) is 20.8 Å². The number of sulfone groups is 1. The van der Waals surface area contributed by atoms with Crippen molar-refractivity contribution in [3.63, 3.8) is 0 Å². The van der Waals surface area contributed by atoms with Crippen molar-refractivity contribution in [2.75, 3.05) is 12.0 Å². The molecule has 6 heteroatoms. The number of aryl methyl sites for hydroxylation is 1. The van der Waals surface area contributed by atoms with E-state index in [-0.39, 0.29) is 17.8 Å². The summed E-state index contributed by atoms with van der Waals surface area (Å²) in [5.74, 6) is 0.177. The van der Waals surface area contributed by atoms with Gasteiger partial charge in [0.1, 0.15) is 9.84 Å². The largest absolute Gasteiger partial charge is 0.306 e. The van der Waals surface area contributed by atoms with Crippen LogP contribution in [0.3, 0.4) is 0 Å². The summed E-state index contributed by atoms with van der Waals surface area (Å²) in [7, 11) is -2.92. The Balaban J connectivity index is 2.02. The van der Waals surface area contributed by atoms with E-state index in [1.807, 2.05) is 13.0 Å². The van der Waals surface area contributed by atoms with Crippen molar-refractivity contribution < 1.29 is 8.42 Å². The first-order chi connectivity index (χ1) is 7.85. The van der Waals surface area contributed by atoms with Crippen molar-refractivity contribution in [1.82, 2.24) is 5.32 Å². The molecule has 0 saturated carbocycles. The van der Waals surface area contributed by atoms with E-state index in [9.17, 15) is 8.42 Å². The lowest BCUT2D eigenvalue weighted by atomic mass is 10.1. The number of halogens is 1. The molecule has 0 bridgehead atoms. The van der Waals surface area contributed by atoms with Gasteiger partial charge >= 0.3 is 0 Å². The van der Waals surface area contributed by atoms with Crippen molar-refractivity contribution in [1.29, 1.82) is 0 Å². The first kappa shape index (κ1) is 13.3. The molecule has 0 aliphatic heterocycles. The van der Waals surface area contributed by atoms with Gasteiger partial charge in [0.25, 0.3) is 0 Å².